The number of hydrogen-bond acceptors (Lipinski definition) is 2. The Hall–Kier alpha value is -2.03. The Balaban J connectivity index is 2.13. The summed E-state index contributed by atoms with van der Waals surface area (Å²) in [6.07, 6.45) is 0. The average molecular weight is 244 g/mol. The van der Waals surface area contributed by atoms with Crippen LogP contribution in [0.5, 0.6) is 0 Å². The van der Waals surface area contributed by atoms with Gasteiger partial charge in [-0.15, -0.1) is 0 Å². The van der Waals surface area contributed by atoms with Crippen LogP contribution in [0.4, 0.5) is 15.8 Å². The lowest BCUT2D eigenvalue weighted by Gasteiger charge is -2.19. The molecule has 2 nitrogen and oxygen atoms in total. The van der Waals surface area contributed by atoms with Gasteiger partial charge in [-0.25, -0.2) is 4.39 Å². The van der Waals surface area contributed by atoms with Crippen molar-refractivity contribution in [2.45, 2.75) is 13.5 Å². The zero-order valence-corrected chi connectivity index (χ0v) is 10.7. The summed E-state index contributed by atoms with van der Waals surface area (Å²) in [6.45, 7) is 2.74. The maximum atomic E-state index is 12.8. The second-order valence-electron chi connectivity index (χ2n) is 4.52. The van der Waals surface area contributed by atoms with Crippen LogP contribution in [0.2, 0.25) is 0 Å². The lowest BCUT2D eigenvalue weighted by atomic mass is 10.1. The molecule has 0 saturated carbocycles. The second-order valence-corrected chi connectivity index (χ2v) is 4.52. The molecule has 0 bridgehead atoms. The van der Waals surface area contributed by atoms with Crippen LogP contribution in [0.15, 0.2) is 42.5 Å². The molecule has 2 rings (SSSR count). The summed E-state index contributed by atoms with van der Waals surface area (Å²) >= 11 is 0. The molecule has 0 unspecified atom stereocenters. The molecule has 0 aromatic heterocycles. The van der Waals surface area contributed by atoms with E-state index in [-0.39, 0.29) is 5.82 Å². The van der Waals surface area contributed by atoms with Crippen LogP contribution >= 0.6 is 0 Å². The highest BCUT2D eigenvalue weighted by Gasteiger charge is 2.03. The molecule has 0 fully saturated rings. The Labute approximate surface area is 107 Å². The number of anilines is 2. The smallest absolute Gasteiger partial charge is 0.123 e. The monoisotopic (exact) mass is 244 g/mol. The highest BCUT2D eigenvalue weighted by Crippen LogP contribution is 2.18. The van der Waals surface area contributed by atoms with Crippen molar-refractivity contribution in [2.75, 3.05) is 17.7 Å². The first-order chi connectivity index (χ1) is 8.56. The maximum absolute atomic E-state index is 12.8. The number of nitrogens with two attached hydrogens (primary N) is 1. The van der Waals surface area contributed by atoms with Gasteiger partial charge in [0.2, 0.25) is 0 Å². The number of aryl methyl sites for hydroxylation is 1. The van der Waals surface area contributed by atoms with Crippen molar-refractivity contribution < 1.29 is 4.39 Å². The fourth-order valence-corrected chi connectivity index (χ4v) is 1.85. The SMILES string of the molecule is Cc1ccc(CN(C)c2ccc(F)cc2)cc1N. The van der Waals surface area contributed by atoms with Gasteiger partial charge in [0.15, 0.2) is 0 Å². The number of halogens is 1. The Bertz CT molecular complexity index is 535. The lowest BCUT2D eigenvalue weighted by molar-refractivity contribution is 0.627. The minimum Gasteiger partial charge on any atom is -0.399 e. The number of benzene rings is 2. The van der Waals surface area contributed by atoms with Gasteiger partial charge < -0.3 is 10.6 Å². The van der Waals surface area contributed by atoms with Crippen molar-refractivity contribution in [1.29, 1.82) is 0 Å². The molecule has 18 heavy (non-hydrogen) atoms. The zero-order valence-electron chi connectivity index (χ0n) is 10.7. The van der Waals surface area contributed by atoms with Crippen LogP contribution in [0, 0.1) is 12.7 Å². The average Bonchev–Trinajstić information content (AvgIpc) is 2.34. The first-order valence-electron chi connectivity index (χ1n) is 5.88. The molecule has 0 saturated heterocycles. The van der Waals surface area contributed by atoms with E-state index in [4.69, 9.17) is 5.73 Å². The number of nitrogen functional groups attached to an aromatic ring is 1. The zero-order chi connectivity index (χ0) is 13.1. The molecule has 0 spiro atoms. The Morgan fingerprint density at radius 1 is 1.11 bits per heavy atom. The van der Waals surface area contributed by atoms with Crippen LogP contribution in [-0.2, 0) is 6.54 Å². The van der Waals surface area contributed by atoms with Crippen LogP contribution in [0.3, 0.4) is 0 Å². The Kier molecular flexibility index (Phi) is 3.51. The summed E-state index contributed by atoms with van der Waals surface area (Å²) in [4.78, 5) is 2.06. The van der Waals surface area contributed by atoms with E-state index < -0.39 is 0 Å². The van der Waals surface area contributed by atoms with E-state index in [0.717, 1.165) is 29.0 Å². The van der Waals surface area contributed by atoms with E-state index in [1.807, 2.05) is 26.1 Å². The highest BCUT2D eigenvalue weighted by atomic mass is 19.1. The van der Waals surface area contributed by atoms with Crippen LogP contribution < -0.4 is 10.6 Å². The molecule has 2 N–H and O–H groups in total. The third kappa shape index (κ3) is 2.80. The van der Waals surface area contributed by atoms with Gasteiger partial charge in [-0.1, -0.05) is 12.1 Å². The number of nitrogens with zero attached hydrogens (tertiary/aromatic N) is 1. The van der Waals surface area contributed by atoms with Crippen molar-refractivity contribution in [3.05, 3.63) is 59.4 Å². The molecule has 0 heterocycles. The van der Waals surface area contributed by atoms with Gasteiger partial charge in [-0.3, -0.25) is 0 Å². The van der Waals surface area contributed by atoms with Gasteiger partial charge in [0.25, 0.3) is 0 Å². The normalized spacial score (nSPS) is 10.4. The summed E-state index contributed by atoms with van der Waals surface area (Å²) in [7, 11) is 1.98. The summed E-state index contributed by atoms with van der Waals surface area (Å²) in [6, 6.07) is 12.5. The Morgan fingerprint density at radius 3 is 2.39 bits per heavy atom. The fraction of sp³-hybridized carbons (Fsp3) is 0.200. The first-order valence-corrected chi connectivity index (χ1v) is 5.88. The van der Waals surface area contributed by atoms with Crippen LogP contribution in [0.1, 0.15) is 11.1 Å². The van der Waals surface area contributed by atoms with Crippen molar-refractivity contribution in [3.8, 4) is 0 Å². The fourth-order valence-electron chi connectivity index (χ4n) is 1.85. The van der Waals surface area contributed by atoms with E-state index >= 15 is 0 Å². The van der Waals surface area contributed by atoms with Gasteiger partial charge in [-0.05, 0) is 48.4 Å². The van der Waals surface area contributed by atoms with Crippen molar-refractivity contribution in [1.82, 2.24) is 0 Å². The predicted molar refractivity (Wildman–Crippen MR) is 74.1 cm³/mol. The quantitative estimate of drug-likeness (QED) is 0.839. The summed E-state index contributed by atoms with van der Waals surface area (Å²) in [5, 5.41) is 0. The third-order valence-electron chi connectivity index (χ3n) is 3.03. The van der Waals surface area contributed by atoms with Gasteiger partial charge >= 0.3 is 0 Å². The minimum absolute atomic E-state index is 0.216. The molecular weight excluding hydrogens is 227 g/mol. The van der Waals surface area contributed by atoms with Gasteiger partial charge in [0.05, 0.1) is 0 Å². The highest BCUT2D eigenvalue weighted by molar-refractivity contribution is 5.51. The summed E-state index contributed by atoms with van der Waals surface area (Å²) < 4.78 is 12.8. The third-order valence-corrected chi connectivity index (χ3v) is 3.03. The molecule has 3 heteroatoms. The molecule has 2 aromatic carbocycles. The maximum Gasteiger partial charge on any atom is 0.123 e. The molecule has 0 aliphatic carbocycles. The number of rotatable bonds is 3. The van der Waals surface area contributed by atoms with Crippen molar-refractivity contribution in [2.24, 2.45) is 0 Å². The largest absolute Gasteiger partial charge is 0.399 e. The second kappa shape index (κ2) is 5.08. The first kappa shape index (κ1) is 12.4. The van der Waals surface area contributed by atoms with E-state index in [0.29, 0.717) is 0 Å². The van der Waals surface area contributed by atoms with E-state index in [1.54, 1.807) is 12.1 Å². The van der Waals surface area contributed by atoms with Crippen LogP contribution in [-0.4, -0.2) is 7.05 Å². The number of hydrogen-bond donors (Lipinski definition) is 1. The van der Waals surface area contributed by atoms with E-state index in [9.17, 15) is 4.39 Å². The molecule has 0 atom stereocenters. The Morgan fingerprint density at radius 2 is 1.78 bits per heavy atom. The topological polar surface area (TPSA) is 29.3 Å². The molecule has 0 amide bonds. The van der Waals surface area contributed by atoms with Crippen molar-refractivity contribution in [3.63, 3.8) is 0 Å². The van der Waals surface area contributed by atoms with Crippen molar-refractivity contribution >= 4 is 11.4 Å². The summed E-state index contributed by atoms with van der Waals surface area (Å²) in [5.74, 6) is -0.216. The van der Waals surface area contributed by atoms with E-state index in [2.05, 4.69) is 11.0 Å². The lowest BCUT2D eigenvalue weighted by Crippen LogP contribution is -2.16. The molecule has 0 radical (unpaired) electrons. The van der Waals surface area contributed by atoms with Gasteiger partial charge in [0, 0.05) is 25.0 Å². The summed E-state index contributed by atoms with van der Waals surface area (Å²) in [5.41, 5.74) is 9.90. The van der Waals surface area contributed by atoms with Gasteiger partial charge in [-0.2, -0.15) is 0 Å². The standard InChI is InChI=1S/C15H17FN2/c1-11-3-4-12(9-15(11)17)10-18(2)14-7-5-13(16)6-8-14/h3-9H,10,17H2,1-2H3. The van der Waals surface area contributed by atoms with E-state index in [1.165, 1.54) is 12.1 Å². The predicted octanol–water partition coefficient (Wildman–Crippen LogP) is 3.35. The molecule has 0 aliphatic heterocycles. The molecular formula is C15H17FN2. The van der Waals surface area contributed by atoms with Crippen LogP contribution in [0.25, 0.3) is 0 Å². The molecule has 0 aliphatic rings. The molecule has 94 valence electrons. The molecule has 2 aromatic rings. The van der Waals surface area contributed by atoms with Gasteiger partial charge in [0.1, 0.15) is 5.82 Å². The minimum atomic E-state index is -0.216.